The summed E-state index contributed by atoms with van der Waals surface area (Å²) in [5.74, 6) is -0.254. The van der Waals surface area contributed by atoms with Gasteiger partial charge in [-0.25, -0.2) is 8.42 Å². The Morgan fingerprint density at radius 1 is 1.13 bits per heavy atom. The topological polar surface area (TPSA) is 114 Å². The average Bonchev–Trinajstić information content (AvgIpc) is 3.16. The van der Waals surface area contributed by atoms with Crippen LogP contribution in [0.3, 0.4) is 0 Å². The number of para-hydroxylation sites is 2. The van der Waals surface area contributed by atoms with Gasteiger partial charge in [0.15, 0.2) is 0 Å². The van der Waals surface area contributed by atoms with Crippen molar-refractivity contribution in [3.63, 3.8) is 0 Å². The molecule has 2 amide bonds. The highest BCUT2D eigenvalue weighted by atomic mass is 32.2. The van der Waals surface area contributed by atoms with Gasteiger partial charge < -0.3 is 19.7 Å². The molecule has 0 bridgehead atoms. The summed E-state index contributed by atoms with van der Waals surface area (Å²) in [6.07, 6.45) is 0.0788. The predicted octanol–water partition coefficient (Wildman–Crippen LogP) is 2.46. The number of ether oxygens (including phenoxy) is 2. The van der Waals surface area contributed by atoms with Crippen molar-refractivity contribution in [2.75, 3.05) is 41.5 Å². The third kappa shape index (κ3) is 5.08. The SMILES string of the molecule is CCS(=O)(=O)Nc1ccc(NC(=O)C2CC(=O)N(c3ccccc3OC)C2)cc1OC. The summed E-state index contributed by atoms with van der Waals surface area (Å²) in [6, 6.07) is 11.8. The molecule has 0 radical (unpaired) electrons. The van der Waals surface area contributed by atoms with Crippen LogP contribution >= 0.6 is 0 Å². The van der Waals surface area contributed by atoms with Gasteiger partial charge in [-0.1, -0.05) is 12.1 Å². The van der Waals surface area contributed by atoms with E-state index in [1.54, 1.807) is 29.2 Å². The molecule has 0 aromatic heterocycles. The molecule has 3 rings (SSSR count). The first kappa shape index (κ1) is 22.4. The van der Waals surface area contributed by atoms with Gasteiger partial charge in [-0.2, -0.15) is 0 Å². The molecule has 31 heavy (non-hydrogen) atoms. The van der Waals surface area contributed by atoms with E-state index >= 15 is 0 Å². The fourth-order valence-electron chi connectivity index (χ4n) is 3.31. The van der Waals surface area contributed by atoms with E-state index in [1.165, 1.54) is 33.3 Å². The van der Waals surface area contributed by atoms with E-state index in [9.17, 15) is 18.0 Å². The number of sulfonamides is 1. The molecule has 1 heterocycles. The van der Waals surface area contributed by atoms with Crippen molar-refractivity contribution in [1.82, 2.24) is 0 Å². The second kappa shape index (κ2) is 9.25. The number of amides is 2. The molecule has 9 nitrogen and oxygen atoms in total. The van der Waals surface area contributed by atoms with E-state index in [-0.39, 0.29) is 42.0 Å². The van der Waals surface area contributed by atoms with Crippen molar-refractivity contribution in [2.24, 2.45) is 5.92 Å². The lowest BCUT2D eigenvalue weighted by molar-refractivity contribution is -0.122. The third-order valence-corrected chi connectivity index (χ3v) is 6.28. The molecule has 1 fully saturated rings. The fourth-order valence-corrected chi connectivity index (χ4v) is 3.95. The van der Waals surface area contributed by atoms with Gasteiger partial charge in [0, 0.05) is 24.7 Å². The molecule has 1 saturated heterocycles. The number of anilines is 3. The zero-order valence-electron chi connectivity index (χ0n) is 17.5. The number of nitrogens with one attached hydrogen (secondary N) is 2. The van der Waals surface area contributed by atoms with E-state index in [1.807, 2.05) is 6.07 Å². The first-order valence-electron chi connectivity index (χ1n) is 9.70. The van der Waals surface area contributed by atoms with Gasteiger partial charge in [-0.15, -0.1) is 0 Å². The summed E-state index contributed by atoms with van der Waals surface area (Å²) in [5.41, 5.74) is 1.34. The van der Waals surface area contributed by atoms with Gasteiger partial charge in [0.2, 0.25) is 21.8 Å². The number of carbonyl (C=O) groups is 2. The van der Waals surface area contributed by atoms with Crippen molar-refractivity contribution in [3.05, 3.63) is 42.5 Å². The van der Waals surface area contributed by atoms with Crippen molar-refractivity contribution < 1.29 is 27.5 Å². The summed E-state index contributed by atoms with van der Waals surface area (Å²) in [5, 5.41) is 2.78. The minimum Gasteiger partial charge on any atom is -0.495 e. The zero-order valence-corrected chi connectivity index (χ0v) is 18.4. The normalized spacial score (nSPS) is 16.2. The van der Waals surface area contributed by atoms with Gasteiger partial charge in [0.05, 0.1) is 37.3 Å². The van der Waals surface area contributed by atoms with Crippen LogP contribution in [-0.2, 0) is 19.6 Å². The lowest BCUT2D eigenvalue weighted by Crippen LogP contribution is -2.28. The maximum atomic E-state index is 12.8. The zero-order chi connectivity index (χ0) is 22.6. The molecule has 0 aliphatic carbocycles. The molecule has 1 atom stereocenters. The second-order valence-corrected chi connectivity index (χ2v) is 9.00. The molecule has 1 aliphatic heterocycles. The Labute approximate surface area is 181 Å². The summed E-state index contributed by atoms with van der Waals surface area (Å²) in [6.45, 7) is 1.76. The van der Waals surface area contributed by atoms with Crippen LogP contribution in [0.2, 0.25) is 0 Å². The van der Waals surface area contributed by atoms with Crippen LogP contribution in [-0.4, -0.2) is 46.7 Å². The molecular formula is C21H25N3O6S. The second-order valence-electron chi connectivity index (χ2n) is 6.99. The molecule has 2 N–H and O–H groups in total. The van der Waals surface area contributed by atoms with Crippen molar-refractivity contribution >= 4 is 38.9 Å². The Kier molecular flexibility index (Phi) is 6.69. The van der Waals surface area contributed by atoms with E-state index in [0.717, 1.165) is 0 Å². The van der Waals surface area contributed by atoms with E-state index in [0.29, 0.717) is 17.1 Å². The Morgan fingerprint density at radius 2 is 1.84 bits per heavy atom. The molecule has 0 spiro atoms. The highest BCUT2D eigenvalue weighted by Crippen LogP contribution is 2.34. The van der Waals surface area contributed by atoms with Crippen molar-refractivity contribution in [2.45, 2.75) is 13.3 Å². The maximum Gasteiger partial charge on any atom is 0.232 e. The van der Waals surface area contributed by atoms with Crippen LogP contribution in [0.15, 0.2) is 42.5 Å². The van der Waals surface area contributed by atoms with Crippen LogP contribution in [0.5, 0.6) is 11.5 Å². The molecule has 0 saturated carbocycles. The predicted molar refractivity (Wildman–Crippen MR) is 118 cm³/mol. The van der Waals surface area contributed by atoms with Crippen LogP contribution in [0, 0.1) is 5.92 Å². The Bertz CT molecular complexity index is 1090. The molecule has 2 aromatic rings. The van der Waals surface area contributed by atoms with E-state index in [4.69, 9.17) is 9.47 Å². The first-order valence-corrected chi connectivity index (χ1v) is 11.4. The number of hydrogen-bond donors (Lipinski definition) is 2. The number of carbonyl (C=O) groups excluding carboxylic acids is 2. The summed E-state index contributed by atoms with van der Waals surface area (Å²) in [4.78, 5) is 26.8. The third-order valence-electron chi connectivity index (χ3n) is 4.99. The number of benzene rings is 2. The van der Waals surface area contributed by atoms with E-state index in [2.05, 4.69) is 10.0 Å². The van der Waals surface area contributed by atoms with Gasteiger partial charge in [0.25, 0.3) is 0 Å². The van der Waals surface area contributed by atoms with Crippen LogP contribution in [0.1, 0.15) is 13.3 Å². The molecule has 166 valence electrons. The van der Waals surface area contributed by atoms with Crippen molar-refractivity contribution in [1.29, 1.82) is 0 Å². The van der Waals surface area contributed by atoms with Crippen molar-refractivity contribution in [3.8, 4) is 11.5 Å². The number of nitrogens with zero attached hydrogens (tertiary/aromatic N) is 1. The molecule has 2 aromatic carbocycles. The maximum absolute atomic E-state index is 12.8. The lowest BCUT2D eigenvalue weighted by Gasteiger charge is -2.19. The van der Waals surface area contributed by atoms with Gasteiger partial charge in [0.1, 0.15) is 11.5 Å². The highest BCUT2D eigenvalue weighted by Gasteiger charge is 2.36. The summed E-state index contributed by atoms with van der Waals surface area (Å²) < 4.78 is 36.6. The minimum absolute atomic E-state index is 0.0763. The van der Waals surface area contributed by atoms with Gasteiger partial charge in [-0.05, 0) is 31.2 Å². The van der Waals surface area contributed by atoms with Crippen LogP contribution < -0.4 is 24.4 Å². The highest BCUT2D eigenvalue weighted by molar-refractivity contribution is 7.92. The lowest BCUT2D eigenvalue weighted by atomic mass is 10.1. The average molecular weight is 448 g/mol. The fraction of sp³-hybridized carbons (Fsp3) is 0.333. The summed E-state index contributed by atoms with van der Waals surface area (Å²) >= 11 is 0. The quantitative estimate of drug-likeness (QED) is 0.643. The number of rotatable bonds is 8. The van der Waals surface area contributed by atoms with Gasteiger partial charge >= 0.3 is 0 Å². The molecule has 10 heteroatoms. The van der Waals surface area contributed by atoms with Gasteiger partial charge in [-0.3, -0.25) is 14.3 Å². The minimum atomic E-state index is -3.47. The first-order chi connectivity index (χ1) is 14.8. The number of methoxy groups -OCH3 is 2. The Balaban J connectivity index is 1.72. The Morgan fingerprint density at radius 3 is 2.52 bits per heavy atom. The smallest absolute Gasteiger partial charge is 0.232 e. The Hall–Kier alpha value is -3.27. The largest absolute Gasteiger partial charge is 0.495 e. The standard InChI is InChI=1S/C21H25N3O6S/c1-4-31(27,28)23-16-10-9-15(12-19(16)30-3)22-21(26)14-11-20(25)24(13-14)17-7-5-6-8-18(17)29-2/h5-10,12,14,23H,4,11,13H2,1-3H3,(H,22,26). The monoisotopic (exact) mass is 447 g/mol. The summed E-state index contributed by atoms with van der Waals surface area (Å²) in [7, 11) is -0.532. The van der Waals surface area contributed by atoms with Crippen LogP contribution in [0.4, 0.5) is 17.1 Å². The molecule has 1 aliphatic rings. The molecular weight excluding hydrogens is 422 g/mol. The molecule has 1 unspecified atom stereocenters. The number of hydrogen-bond acceptors (Lipinski definition) is 6. The van der Waals surface area contributed by atoms with Crippen LogP contribution in [0.25, 0.3) is 0 Å². The van der Waals surface area contributed by atoms with E-state index < -0.39 is 15.9 Å².